The van der Waals surface area contributed by atoms with Gasteiger partial charge in [-0.25, -0.2) is 12.8 Å². The second kappa shape index (κ2) is 5.64. The minimum absolute atomic E-state index is 0.178. The van der Waals surface area contributed by atoms with E-state index >= 15 is 0 Å². The summed E-state index contributed by atoms with van der Waals surface area (Å²) in [6.07, 6.45) is 0. The third kappa shape index (κ3) is 3.11. The third-order valence-electron chi connectivity index (χ3n) is 4.13. The van der Waals surface area contributed by atoms with Gasteiger partial charge in [0, 0.05) is 31.7 Å². The molecule has 118 valence electrons. The van der Waals surface area contributed by atoms with Crippen molar-refractivity contribution in [3.63, 3.8) is 0 Å². The Hall–Kier alpha value is -1.02. The number of nitrogens with zero attached hydrogens (tertiary/aromatic N) is 2. The summed E-state index contributed by atoms with van der Waals surface area (Å²) in [4.78, 5) is 1.82. The second-order valence-electron chi connectivity index (χ2n) is 6.04. The number of halogens is 1. The molecule has 0 aromatic heterocycles. The van der Waals surface area contributed by atoms with Gasteiger partial charge in [0.15, 0.2) is 0 Å². The molecule has 0 spiro atoms. The standard InChI is InChI=1S/C14H22FN3O2S/c1-14(2)10-18(7-6-17(14)3)21(19,20)13-8-11(9-16)4-5-12(13)15/h4-5,8H,6-7,9-10,16H2,1-3H3. The first-order valence-electron chi connectivity index (χ1n) is 6.88. The first kappa shape index (κ1) is 16.4. The largest absolute Gasteiger partial charge is 0.326 e. The van der Waals surface area contributed by atoms with Crippen LogP contribution in [0, 0.1) is 5.82 Å². The maximum Gasteiger partial charge on any atom is 0.246 e. The highest BCUT2D eigenvalue weighted by molar-refractivity contribution is 7.89. The van der Waals surface area contributed by atoms with Crippen molar-refractivity contribution in [2.24, 2.45) is 5.73 Å². The number of hydrogen-bond donors (Lipinski definition) is 1. The number of sulfonamides is 1. The van der Waals surface area contributed by atoms with E-state index in [4.69, 9.17) is 5.73 Å². The van der Waals surface area contributed by atoms with Crippen LogP contribution in [0.5, 0.6) is 0 Å². The average molecular weight is 315 g/mol. The zero-order chi connectivity index (χ0) is 15.8. The molecule has 1 fully saturated rings. The Bertz CT molecular complexity index is 631. The molecule has 1 aromatic carbocycles. The first-order chi connectivity index (χ1) is 9.68. The van der Waals surface area contributed by atoms with Crippen molar-refractivity contribution in [1.29, 1.82) is 0 Å². The molecule has 0 amide bonds. The summed E-state index contributed by atoms with van der Waals surface area (Å²) < 4.78 is 40.7. The van der Waals surface area contributed by atoms with Gasteiger partial charge in [-0.3, -0.25) is 4.90 Å². The Labute approximate surface area is 125 Å². The van der Waals surface area contributed by atoms with Gasteiger partial charge in [0.1, 0.15) is 10.7 Å². The van der Waals surface area contributed by atoms with E-state index in [0.717, 1.165) is 6.07 Å². The maximum absolute atomic E-state index is 14.0. The number of benzene rings is 1. The molecule has 0 unspecified atom stereocenters. The fraction of sp³-hybridized carbons (Fsp3) is 0.571. The van der Waals surface area contributed by atoms with Crippen molar-refractivity contribution >= 4 is 10.0 Å². The molecule has 1 aliphatic rings. The molecule has 5 nitrogen and oxygen atoms in total. The van der Waals surface area contributed by atoms with Crippen LogP contribution in [0.3, 0.4) is 0 Å². The van der Waals surface area contributed by atoms with Gasteiger partial charge in [-0.1, -0.05) is 6.07 Å². The smallest absolute Gasteiger partial charge is 0.246 e. The number of piperazine rings is 1. The van der Waals surface area contributed by atoms with Gasteiger partial charge < -0.3 is 5.73 Å². The highest BCUT2D eigenvalue weighted by Gasteiger charge is 2.38. The monoisotopic (exact) mass is 315 g/mol. The lowest BCUT2D eigenvalue weighted by molar-refractivity contribution is 0.0800. The molecule has 0 radical (unpaired) electrons. The highest BCUT2D eigenvalue weighted by atomic mass is 32.2. The van der Waals surface area contributed by atoms with Crippen molar-refractivity contribution in [3.8, 4) is 0 Å². The number of rotatable bonds is 3. The average Bonchev–Trinajstić information content (AvgIpc) is 2.42. The lowest BCUT2D eigenvalue weighted by atomic mass is 10.0. The molecule has 1 heterocycles. The minimum Gasteiger partial charge on any atom is -0.326 e. The maximum atomic E-state index is 14.0. The normalized spacial score (nSPS) is 20.6. The van der Waals surface area contributed by atoms with Crippen molar-refractivity contribution in [2.75, 3.05) is 26.7 Å². The van der Waals surface area contributed by atoms with Crippen LogP contribution in [0.1, 0.15) is 19.4 Å². The molecule has 0 saturated carbocycles. The van der Waals surface area contributed by atoms with Crippen LogP contribution in [0.2, 0.25) is 0 Å². The van der Waals surface area contributed by atoms with Crippen molar-refractivity contribution in [2.45, 2.75) is 30.8 Å². The summed E-state index contributed by atoms with van der Waals surface area (Å²) in [5.41, 5.74) is 5.83. The summed E-state index contributed by atoms with van der Waals surface area (Å²) in [6.45, 7) is 5.43. The zero-order valence-corrected chi connectivity index (χ0v) is 13.5. The molecular formula is C14H22FN3O2S. The molecule has 0 atom stereocenters. The van der Waals surface area contributed by atoms with Gasteiger partial charge in [0.2, 0.25) is 10.0 Å². The molecule has 7 heteroatoms. The Morgan fingerprint density at radius 2 is 2.00 bits per heavy atom. The van der Waals surface area contributed by atoms with E-state index in [-0.39, 0.29) is 17.0 Å². The van der Waals surface area contributed by atoms with Crippen LogP contribution in [-0.4, -0.2) is 49.8 Å². The summed E-state index contributed by atoms with van der Waals surface area (Å²) in [5, 5.41) is 0. The number of hydrogen-bond acceptors (Lipinski definition) is 4. The van der Waals surface area contributed by atoms with Crippen molar-refractivity contribution < 1.29 is 12.8 Å². The van der Waals surface area contributed by atoms with E-state index in [0.29, 0.717) is 25.2 Å². The van der Waals surface area contributed by atoms with Crippen LogP contribution in [-0.2, 0) is 16.6 Å². The fourth-order valence-electron chi connectivity index (χ4n) is 2.41. The third-order valence-corrected chi connectivity index (χ3v) is 5.99. The van der Waals surface area contributed by atoms with Crippen LogP contribution in [0.4, 0.5) is 4.39 Å². The fourth-order valence-corrected chi connectivity index (χ4v) is 4.11. The van der Waals surface area contributed by atoms with Crippen LogP contribution < -0.4 is 5.73 Å². The Kier molecular flexibility index (Phi) is 4.39. The Balaban J connectivity index is 2.39. The highest BCUT2D eigenvalue weighted by Crippen LogP contribution is 2.26. The van der Waals surface area contributed by atoms with E-state index < -0.39 is 15.8 Å². The van der Waals surface area contributed by atoms with E-state index in [1.807, 2.05) is 20.9 Å². The SMILES string of the molecule is CN1CCN(S(=O)(=O)c2cc(CN)ccc2F)CC1(C)C. The molecule has 0 bridgehead atoms. The van der Waals surface area contributed by atoms with Gasteiger partial charge in [0.05, 0.1) is 0 Å². The predicted molar refractivity (Wildman–Crippen MR) is 79.8 cm³/mol. The van der Waals surface area contributed by atoms with Crippen molar-refractivity contribution in [3.05, 3.63) is 29.6 Å². The molecule has 1 aliphatic heterocycles. The molecule has 0 aliphatic carbocycles. The van der Waals surface area contributed by atoms with Gasteiger partial charge in [-0.2, -0.15) is 4.31 Å². The lowest BCUT2D eigenvalue weighted by Gasteiger charge is -2.44. The zero-order valence-electron chi connectivity index (χ0n) is 12.6. The topological polar surface area (TPSA) is 66.6 Å². The molecule has 2 N–H and O–H groups in total. The van der Waals surface area contributed by atoms with Gasteiger partial charge in [0.25, 0.3) is 0 Å². The Morgan fingerprint density at radius 3 is 2.57 bits per heavy atom. The predicted octanol–water partition coefficient (Wildman–Crippen LogP) is 0.999. The molecular weight excluding hydrogens is 293 g/mol. The van der Waals surface area contributed by atoms with Crippen LogP contribution in [0.15, 0.2) is 23.1 Å². The molecule has 1 aromatic rings. The molecule has 21 heavy (non-hydrogen) atoms. The Morgan fingerprint density at radius 1 is 1.33 bits per heavy atom. The summed E-state index contributed by atoms with van der Waals surface area (Å²) in [6, 6.07) is 3.99. The second-order valence-corrected chi connectivity index (χ2v) is 7.95. The molecule has 2 rings (SSSR count). The summed E-state index contributed by atoms with van der Waals surface area (Å²) in [5.74, 6) is -0.732. The van der Waals surface area contributed by atoms with E-state index in [9.17, 15) is 12.8 Å². The van der Waals surface area contributed by atoms with Gasteiger partial charge in [-0.15, -0.1) is 0 Å². The van der Waals surface area contributed by atoms with Crippen LogP contribution >= 0.6 is 0 Å². The van der Waals surface area contributed by atoms with Crippen molar-refractivity contribution in [1.82, 2.24) is 9.21 Å². The summed E-state index contributed by atoms with van der Waals surface area (Å²) >= 11 is 0. The van der Waals surface area contributed by atoms with Gasteiger partial charge in [-0.05, 0) is 38.6 Å². The minimum atomic E-state index is -3.84. The quantitative estimate of drug-likeness (QED) is 0.903. The van der Waals surface area contributed by atoms with Gasteiger partial charge >= 0.3 is 0 Å². The van der Waals surface area contributed by atoms with Crippen LogP contribution in [0.25, 0.3) is 0 Å². The van der Waals surface area contributed by atoms with E-state index in [1.165, 1.54) is 16.4 Å². The van der Waals surface area contributed by atoms with E-state index in [2.05, 4.69) is 4.90 Å². The lowest BCUT2D eigenvalue weighted by Crippen LogP contribution is -2.58. The number of nitrogens with two attached hydrogens (primary N) is 1. The summed E-state index contributed by atoms with van der Waals surface area (Å²) in [7, 11) is -1.89. The first-order valence-corrected chi connectivity index (χ1v) is 8.32. The number of likely N-dealkylation sites (N-methyl/N-ethyl adjacent to an activating group) is 1. The van der Waals surface area contributed by atoms with E-state index in [1.54, 1.807) is 0 Å². The molecule has 1 saturated heterocycles.